The van der Waals surface area contributed by atoms with E-state index < -0.39 is 55.0 Å². The van der Waals surface area contributed by atoms with Crippen LogP contribution in [-0.2, 0) is 30.5 Å². The summed E-state index contributed by atoms with van der Waals surface area (Å²) in [5, 5.41) is 13.1. The number of halogens is 3. The van der Waals surface area contributed by atoms with E-state index in [2.05, 4.69) is 5.32 Å². The van der Waals surface area contributed by atoms with Gasteiger partial charge in [0, 0.05) is 5.92 Å². The lowest BCUT2D eigenvalue weighted by Crippen LogP contribution is -2.53. The molecule has 12 heteroatoms. The Morgan fingerprint density at radius 2 is 1.36 bits per heavy atom. The van der Waals surface area contributed by atoms with Crippen molar-refractivity contribution in [3.8, 4) is 11.1 Å². The van der Waals surface area contributed by atoms with Gasteiger partial charge >= 0.3 is 24.2 Å². The average molecular weight is 585 g/mol. The zero-order valence-corrected chi connectivity index (χ0v) is 22.1. The molecule has 0 bridgehead atoms. The van der Waals surface area contributed by atoms with E-state index in [1.54, 1.807) is 35.6 Å². The number of fused-ring (bicyclic) bond motifs is 3. The average Bonchev–Trinajstić information content (AvgIpc) is 3.27. The van der Waals surface area contributed by atoms with Crippen molar-refractivity contribution in [2.45, 2.75) is 43.6 Å². The highest BCUT2D eigenvalue weighted by molar-refractivity contribution is 5.92. The molecule has 2 atom stereocenters. The highest BCUT2D eigenvalue weighted by Crippen LogP contribution is 2.44. The van der Waals surface area contributed by atoms with Crippen molar-refractivity contribution < 1.29 is 46.9 Å². The van der Waals surface area contributed by atoms with Crippen LogP contribution in [0.5, 0.6) is 0 Å². The molecule has 42 heavy (non-hydrogen) atoms. The lowest BCUT2D eigenvalue weighted by Gasteiger charge is -2.22. The number of carboxylic acids is 1. The van der Waals surface area contributed by atoms with Crippen molar-refractivity contribution in [3.05, 3.63) is 95.6 Å². The minimum absolute atomic E-state index is 0.140. The summed E-state index contributed by atoms with van der Waals surface area (Å²) in [6.07, 6.45) is -8.68. The van der Waals surface area contributed by atoms with Crippen molar-refractivity contribution in [2.24, 2.45) is 0 Å². The number of carboxylic acid groups (broad SMARTS) is 1. The number of aliphatic carboxylic acids is 1. The Hall–Kier alpha value is -4.87. The summed E-state index contributed by atoms with van der Waals surface area (Å²) in [6.45, 7) is -0.302. The van der Waals surface area contributed by atoms with Crippen molar-refractivity contribution >= 4 is 23.9 Å². The zero-order chi connectivity index (χ0) is 30.3. The van der Waals surface area contributed by atoms with Crippen LogP contribution >= 0.6 is 0 Å². The smallest absolute Gasteiger partial charge is 0.407 e. The third-order valence-electron chi connectivity index (χ3n) is 6.62. The summed E-state index contributed by atoms with van der Waals surface area (Å²) < 4.78 is 49.2. The first-order chi connectivity index (χ1) is 20.0. The second kappa shape index (κ2) is 13.2. The van der Waals surface area contributed by atoms with Crippen LogP contribution < -0.4 is 10.6 Å². The maximum Gasteiger partial charge on any atom is 0.407 e. The van der Waals surface area contributed by atoms with Gasteiger partial charge in [-0.05, 0) is 27.8 Å². The fourth-order valence-corrected chi connectivity index (χ4v) is 4.66. The topological polar surface area (TPSA) is 131 Å². The van der Waals surface area contributed by atoms with E-state index in [1.807, 2.05) is 48.5 Å². The normalized spacial score (nSPS) is 13.7. The van der Waals surface area contributed by atoms with Crippen molar-refractivity contribution in [2.75, 3.05) is 6.61 Å². The largest absolute Gasteiger partial charge is 0.480 e. The van der Waals surface area contributed by atoms with Crippen molar-refractivity contribution in [1.82, 2.24) is 10.6 Å². The molecule has 0 radical (unpaired) electrons. The molecule has 0 spiro atoms. The standard InChI is InChI=1S/C30H27F3N2O7/c31-30(32,33)15-25(28(38)39)34-27(37)24(14-26(36)41-16-18-8-2-1-3-9-18)35-29(40)42-17-23-21-12-6-4-10-19(21)20-11-5-7-13-22(20)23/h1-13,23-25H,14-17H2,(H,34,37)(H,35,40)(H,38,39)/t24-,25?/m0/s1. The number of amides is 2. The number of benzene rings is 3. The molecular weight excluding hydrogens is 557 g/mol. The van der Waals surface area contributed by atoms with Gasteiger partial charge in [0.2, 0.25) is 5.91 Å². The Bertz CT molecular complexity index is 1400. The van der Waals surface area contributed by atoms with Gasteiger partial charge in [0.25, 0.3) is 0 Å². The van der Waals surface area contributed by atoms with E-state index in [9.17, 15) is 37.5 Å². The molecule has 2 amide bonds. The van der Waals surface area contributed by atoms with E-state index in [-0.39, 0.29) is 19.1 Å². The molecule has 220 valence electrons. The molecule has 9 nitrogen and oxygen atoms in total. The van der Waals surface area contributed by atoms with Gasteiger partial charge in [0.05, 0.1) is 12.8 Å². The first-order valence-electron chi connectivity index (χ1n) is 12.9. The summed E-state index contributed by atoms with van der Waals surface area (Å²) in [7, 11) is 0. The number of alkyl halides is 3. The summed E-state index contributed by atoms with van der Waals surface area (Å²) in [6, 6.07) is 19.6. The van der Waals surface area contributed by atoms with Crippen LogP contribution in [0.3, 0.4) is 0 Å². The van der Waals surface area contributed by atoms with Crippen LogP contribution in [0, 0.1) is 0 Å². The quantitative estimate of drug-likeness (QED) is 0.282. The van der Waals surface area contributed by atoms with Gasteiger partial charge in [-0.1, -0.05) is 78.9 Å². The molecule has 1 aliphatic carbocycles. The minimum atomic E-state index is -4.90. The Morgan fingerprint density at radius 1 is 0.786 bits per heavy atom. The summed E-state index contributed by atoms with van der Waals surface area (Å²) in [4.78, 5) is 49.5. The lowest BCUT2D eigenvalue weighted by atomic mass is 9.98. The Kier molecular flexibility index (Phi) is 9.46. The van der Waals surface area contributed by atoms with E-state index in [1.165, 1.54) is 0 Å². The number of hydrogen-bond acceptors (Lipinski definition) is 6. The van der Waals surface area contributed by atoms with Crippen LogP contribution in [0.1, 0.15) is 35.4 Å². The molecule has 1 aliphatic rings. The predicted molar refractivity (Wildman–Crippen MR) is 143 cm³/mol. The van der Waals surface area contributed by atoms with Gasteiger partial charge in [0.1, 0.15) is 25.3 Å². The molecule has 3 aromatic carbocycles. The third kappa shape index (κ3) is 7.87. The van der Waals surface area contributed by atoms with Crippen LogP contribution in [0.15, 0.2) is 78.9 Å². The van der Waals surface area contributed by atoms with Crippen LogP contribution in [0.2, 0.25) is 0 Å². The van der Waals surface area contributed by atoms with E-state index in [0.717, 1.165) is 22.3 Å². The molecule has 4 rings (SSSR count). The molecule has 0 saturated heterocycles. The monoisotopic (exact) mass is 584 g/mol. The van der Waals surface area contributed by atoms with Gasteiger partial charge in [-0.25, -0.2) is 9.59 Å². The molecule has 0 fully saturated rings. The van der Waals surface area contributed by atoms with E-state index in [0.29, 0.717) is 5.56 Å². The molecule has 3 aromatic rings. The maximum atomic E-state index is 12.9. The maximum absolute atomic E-state index is 12.9. The number of carbonyl (C=O) groups excluding carboxylic acids is 3. The zero-order valence-electron chi connectivity index (χ0n) is 22.1. The fraction of sp³-hybridized carbons (Fsp3) is 0.267. The summed E-state index contributed by atoms with van der Waals surface area (Å²) in [5.74, 6) is -4.54. The first-order valence-corrected chi connectivity index (χ1v) is 12.9. The van der Waals surface area contributed by atoms with Crippen LogP contribution in [0.25, 0.3) is 11.1 Å². The molecule has 0 heterocycles. The third-order valence-corrected chi connectivity index (χ3v) is 6.62. The molecular formula is C30H27F3N2O7. The Balaban J connectivity index is 1.44. The number of rotatable bonds is 11. The second-order valence-electron chi connectivity index (χ2n) is 9.59. The minimum Gasteiger partial charge on any atom is -0.480 e. The number of carbonyl (C=O) groups is 4. The highest BCUT2D eigenvalue weighted by atomic mass is 19.4. The predicted octanol–water partition coefficient (Wildman–Crippen LogP) is 4.55. The van der Waals surface area contributed by atoms with Crippen molar-refractivity contribution in [3.63, 3.8) is 0 Å². The van der Waals surface area contributed by atoms with Gasteiger partial charge in [-0.2, -0.15) is 13.2 Å². The summed E-state index contributed by atoms with van der Waals surface area (Å²) >= 11 is 0. The van der Waals surface area contributed by atoms with Crippen LogP contribution in [-0.4, -0.2) is 53.9 Å². The van der Waals surface area contributed by atoms with Gasteiger partial charge in [-0.15, -0.1) is 0 Å². The number of hydrogen-bond donors (Lipinski definition) is 3. The first kappa shape index (κ1) is 30.1. The number of ether oxygens (including phenoxy) is 2. The fourth-order valence-electron chi connectivity index (χ4n) is 4.66. The number of nitrogens with one attached hydrogen (secondary N) is 2. The molecule has 3 N–H and O–H groups in total. The van der Waals surface area contributed by atoms with Gasteiger partial charge in [0.15, 0.2) is 0 Å². The molecule has 0 aliphatic heterocycles. The molecule has 0 aromatic heterocycles. The number of esters is 1. The van der Waals surface area contributed by atoms with E-state index in [4.69, 9.17) is 9.47 Å². The van der Waals surface area contributed by atoms with Gasteiger partial charge in [-0.3, -0.25) is 9.59 Å². The number of alkyl carbamates (subject to hydrolysis) is 1. The second-order valence-corrected chi connectivity index (χ2v) is 9.59. The highest BCUT2D eigenvalue weighted by Gasteiger charge is 2.38. The van der Waals surface area contributed by atoms with Gasteiger partial charge < -0.3 is 25.2 Å². The molecule has 1 unspecified atom stereocenters. The van der Waals surface area contributed by atoms with E-state index >= 15 is 0 Å². The lowest BCUT2D eigenvalue weighted by molar-refractivity contribution is -0.160. The Labute approximate surface area is 238 Å². The Morgan fingerprint density at radius 3 is 1.93 bits per heavy atom. The summed E-state index contributed by atoms with van der Waals surface area (Å²) in [5.41, 5.74) is 4.42. The molecule has 0 saturated carbocycles. The van der Waals surface area contributed by atoms with Crippen LogP contribution in [0.4, 0.5) is 18.0 Å². The SMILES string of the molecule is O=C(C[C@H](NC(=O)OCC1c2ccccc2-c2ccccc21)C(=O)NC(CC(F)(F)F)C(=O)O)OCc1ccccc1. The van der Waals surface area contributed by atoms with Crippen molar-refractivity contribution in [1.29, 1.82) is 0 Å².